The van der Waals surface area contributed by atoms with Crippen molar-refractivity contribution in [1.29, 1.82) is 0 Å². The standard InChI is InChI=1S/C14H20N4O2/c1-11(19)17(2)10-14(20)18-7-6-16-9-13(18)12-4-3-5-15-8-12/h3-5,8,13,16H,6-7,9-10H2,1-2H3. The second-order valence-corrected chi connectivity index (χ2v) is 4.97. The Labute approximate surface area is 118 Å². The number of carbonyl (C=O) groups is 2. The molecular weight excluding hydrogens is 256 g/mol. The second-order valence-electron chi connectivity index (χ2n) is 4.97. The molecule has 1 fully saturated rings. The maximum absolute atomic E-state index is 12.4. The molecule has 20 heavy (non-hydrogen) atoms. The fraction of sp³-hybridized carbons (Fsp3) is 0.500. The Kier molecular flexibility index (Phi) is 4.68. The van der Waals surface area contributed by atoms with Crippen LogP contribution in [-0.4, -0.2) is 59.8 Å². The van der Waals surface area contributed by atoms with Crippen LogP contribution in [0.1, 0.15) is 18.5 Å². The number of hydrogen-bond acceptors (Lipinski definition) is 4. The van der Waals surface area contributed by atoms with E-state index >= 15 is 0 Å². The van der Waals surface area contributed by atoms with Gasteiger partial charge in [-0.3, -0.25) is 14.6 Å². The highest BCUT2D eigenvalue weighted by atomic mass is 16.2. The van der Waals surface area contributed by atoms with Gasteiger partial charge in [0, 0.05) is 46.0 Å². The zero-order valence-electron chi connectivity index (χ0n) is 11.9. The molecule has 1 saturated heterocycles. The second kappa shape index (κ2) is 6.47. The first kappa shape index (κ1) is 14.5. The van der Waals surface area contributed by atoms with Crippen molar-refractivity contribution in [3.8, 4) is 0 Å². The van der Waals surface area contributed by atoms with Gasteiger partial charge < -0.3 is 15.1 Å². The van der Waals surface area contributed by atoms with Gasteiger partial charge in [-0.05, 0) is 11.6 Å². The molecule has 6 nitrogen and oxygen atoms in total. The van der Waals surface area contributed by atoms with E-state index < -0.39 is 0 Å². The Morgan fingerprint density at radius 1 is 1.55 bits per heavy atom. The Bertz CT molecular complexity index is 477. The minimum absolute atomic E-state index is 0.0229. The first-order valence-electron chi connectivity index (χ1n) is 6.71. The molecule has 0 spiro atoms. The van der Waals surface area contributed by atoms with Crippen molar-refractivity contribution in [2.75, 3.05) is 33.2 Å². The van der Waals surface area contributed by atoms with Crippen molar-refractivity contribution in [3.63, 3.8) is 0 Å². The van der Waals surface area contributed by atoms with Crippen LogP contribution in [0, 0.1) is 0 Å². The van der Waals surface area contributed by atoms with Gasteiger partial charge in [0.1, 0.15) is 0 Å². The lowest BCUT2D eigenvalue weighted by atomic mass is 10.1. The van der Waals surface area contributed by atoms with Crippen molar-refractivity contribution >= 4 is 11.8 Å². The normalized spacial score (nSPS) is 18.7. The topological polar surface area (TPSA) is 65.5 Å². The monoisotopic (exact) mass is 276 g/mol. The predicted molar refractivity (Wildman–Crippen MR) is 74.9 cm³/mol. The van der Waals surface area contributed by atoms with Gasteiger partial charge in [-0.15, -0.1) is 0 Å². The van der Waals surface area contributed by atoms with Crippen LogP contribution < -0.4 is 5.32 Å². The van der Waals surface area contributed by atoms with Crippen LogP contribution in [0.5, 0.6) is 0 Å². The molecule has 2 amide bonds. The van der Waals surface area contributed by atoms with E-state index in [1.807, 2.05) is 17.0 Å². The molecule has 1 unspecified atom stereocenters. The lowest BCUT2D eigenvalue weighted by Gasteiger charge is -2.37. The number of aromatic nitrogens is 1. The molecule has 1 aromatic heterocycles. The molecule has 1 aliphatic heterocycles. The van der Waals surface area contributed by atoms with Gasteiger partial charge in [0.2, 0.25) is 11.8 Å². The molecule has 2 rings (SSSR count). The summed E-state index contributed by atoms with van der Waals surface area (Å²) in [4.78, 5) is 31.0. The summed E-state index contributed by atoms with van der Waals surface area (Å²) < 4.78 is 0. The van der Waals surface area contributed by atoms with E-state index in [2.05, 4.69) is 10.3 Å². The van der Waals surface area contributed by atoms with E-state index in [0.717, 1.165) is 12.1 Å². The molecule has 0 aromatic carbocycles. The summed E-state index contributed by atoms with van der Waals surface area (Å²) in [7, 11) is 1.64. The summed E-state index contributed by atoms with van der Waals surface area (Å²) in [5.74, 6) is -0.135. The van der Waals surface area contributed by atoms with Gasteiger partial charge in [0.25, 0.3) is 0 Å². The zero-order chi connectivity index (χ0) is 14.5. The Morgan fingerprint density at radius 2 is 2.35 bits per heavy atom. The summed E-state index contributed by atoms with van der Waals surface area (Å²) in [6.07, 6.45) is 3.50. The number of carbonyl (C=O) groups excluding carboxylic acids is 2. The largest absolute Gasteiger partial charge is 0.337 e. The first-order chi connectivity index (χ1) is 9.59. The summed E-state index contributed by atoms with van der Waals surface area (Å²) in [5.41, 5.74) is 1.01. The lowest BCUT2D eigenvalue weighted by molar-refractivity contribution is -0.140. The highest BCUT2D eigenvalue weighted by molar-refractivity contribution is 5.84. The van der Waals surface area contributed by atoms with E-state index in [1.54, 1.807) is 19.4 Å². The van der Waals surface area contributed by atoms with Crippen molar-refractivity contribution in [2.24, 2.45) is 0 Å². The number of likely N-dealkylation sites (N-methyl/N-ethyl adjacent to an activating group) is 1. The molecule has 1 atom stereocenters. The van der Waals surface area contributed by atoms with Crippen LogP contribution in [0.4, 0.5) is 0 Å². The number of piperazine rings is 1. The molecule has 0 radical (unpaired) electrons. The average Bonchev–Trinajstić information content (AvgIpc) is 2.48. The van der Waals surface area contributed by atoms with E-state index in [4.69, 9.17) is 0 Å². The molecular formula is C14H20N4O2. The molecule has 108 valence electrons. The van der Waals surface area contributed by atoms with Gasteiger partial charge in [-0.25, -0.2) is 0 Å². The van der Waals surface area contributed by atoms with Crippen molar-refractivity contribution in [3.05, 3.63) is 30.1 Å². The molecule has 0 saturated carbocycles. The SMILES string of the molecule is CC(=O)N(C)CC(=O)N1CCNCC1c1cccnc1. The van der Waals surface area contributed by atoms with Gasteiger partial charge in [-0.1, -0.05) is 6.07 Å². The zero-order valence-corrected chi connectivity index (χ0v) is 11.9. The number of hydrogen-bond donors (Lipinski definition) is 1. The van der Waals surface area contributed by atoms with E-state index in [-0.39, 0.29) is 24.4 Å². The number of nitrogens with zero attached hydrogens (tertiary/aromatic N) is 3. The lowest BCUT2D eigenvalue weighted by Crippen LogP contribution is -2.51. The number of rotatable bonds is 3. The minimum atomic E-state index is -0.105. The quantitative estimate of drug-likeness (QED) is 0.846. The first-order valence-corrected chi connectivity index (χ1v) is 6.71. The van der Waals surface area contributed by atoms with Crippen LogP contribution in [0.2, 0.25) is 0 Å². The van der Waals surface area contributed by atoms with Gasteiger partial charge in [0.15, 0.2) is 0 Å². The Hall–Kier alpha value is -1.95. The fourth-order valence-electron chi connectivity index (χ4n) is 2.28. The third-order valence-electron chi connectivity index (χ3n) is 3.54. The van der Waals surface area contributed by atoms with Crippen molar-refractivity contribution < 1.29 is 9.59 Å². The van der Waals surface area contributed by atoms with Crippen LogP contribution in [0.3, 0.4) is 0 Å². The summed E-state index contributed by atoms with van der Waals surface area (Å²) in [6.45, 7) is 3.70. The smallest absolute Gasteiger partial charge is 0.242 e. The van der Waals surface area contributed by atoms with Gasteiger partial charge in [-0.2, -0.15) is 0 Å². The molecule has 0 aliphatic carbocycles. The Morgan fingerprint density at radius 3 is 3.00 bits per heavy atom. The molecule has 1 N–H and O–H groups in total. The molecule has 1 aromatic rings. The maximum atomic E-state index is 12.4. The number of nitrogens with one attached hydrogen (secondary N) is 1. The molecule has 2 heterocycles. The van der Waals surface area contributed by atoms with Crippen molar-refractivity contribution in [2.45, 2.75) is 13.0 Å². The van der Waals surface area contributed by atoms with E-state index in [0.29, 0.717) is 13.1 Å². The van der Waals surface area contributed by atoms with Gasteiger partial charge in [0.05, 0.1) is 12.6 Å². The average molecular weight is 276 g/mol. The highest BCUT2D eigenvalue weighted by Gasteiger charge is 2.28. The van der Waals surface area contributed by atoms with Crippen molar-refractivity contribution in [1.82, 2.24) is 20.1 Å². The number of pyridine rings is 1. The number of amides is 2. The molecule has 0 bridgehead atoms. The van der Waals surface area contributed by atoms with Crippen LogP contribution in [0.15, 0.2) is 24.5 Å². The van der Waals surface area contributed by atoms with Crippen LogP contribution >= 0.6 is 0 Å². The highest BCUT2D eigenvalue weighted by Crippen LogP contribution is 2.21. The maximum Gasteiger partial charge on any atom is 0.242 e. The van der Waals surface area contributed by atoms with Crippen LogP contribution in [0.25, 0.3) is 0 Å². The fourth-order valence-corrected chi connectivity index (χ4v) is 2.28. The summed E-state index contributed by atoms with van der Waals surface area (Å²) >= 11 is 0. The predicted octanol–water partition coefficient (Wildman–Crippen LogP) is 0.0328. The third kappa shape index (κ3) is 3.33. The van der Waals surface area contributed by atoms with E-state index in [9.17, 15) is 9.59 Å². The van der Waals surface area contributed by atoms with Gasteiger partial charge >= 0.3 is 0 Å². The Balaban J connectivity index is 2.11. The molecule has 6 heteroatoms. The van der Waals surface area contributed by atoms with E-state index in [1.165, 1.54) is 11.8 Å². The summed E-state index contributed by atoms with van der Waals surface area (Å²) in [5, 5.41) is 3.29. The summed E-state index contributed by atoms with van der Waals surface area (Å²) in [6, 6.07) is 3.82. The van der Waals surface area contributed by atoms with Crippen LogP contribution in [-0.2, 0) is 9.59 Å². The third-order valence-corrected chi connectivity index (χ3v) is 3.54. The molecule has 1 aliphatic rings. The minimum Gasteiger partial charge on any atom is -0.337 e.